The minimum atomic E-state index is -0.104. The normalized spacial score (nSPS) is 12.4. The van der Waals surface area contributed by atoms with E-state index in [1.165, 1.54) is 0 Å². The Bertz CT molecular complexity index is 557. The number of nitrogens with zero attached hydrogens (tertiary/aromatic N) is 4. The van der Waals surface area contributed by atoms with Gasteiger partial charge < -0.3 is 14.5 Å². The van der Waals surface area contributed by atoms with Gasteiger partial charge in [0.1, 0.15) is 11.6 Å². The standard InChI is InChI=1S/C13H19N5O/c1-10(9-18-7-5-14-11(18)2)13(19)16-8-12-15-4-6-17(12)3/h4-7,10H,8-9H2,1-3H3,(H,16,19). The van der Waals surface area contributed by atoms with Gasteiger partial charge >= 0.3 is 0 Å². The van der Waals surface area contributed by atoms with Crippen molar-refractivity contribution in [2.24, 2.45) is 13.0 Å². The van der Waals surface area contributed by atoms with Crippen molar-refractivity contribution in [3.63, 3.8) is 0 Å². The molecule has 1 amide bonds. The van der Waals surface area contributed by atoms with Crippen LogP contribution in [0.2, 0.25) is 0 Å². The predicted molar refractivity (Wildman–Crippen MR) is 71.2 cm³/mol. The number of amides is 1. The van der Waals surface area contributed by atoms with Crippen LogP contribution in [0.15, 0.2) is 24.8 Å². The lowest BCUT2D eigenvalue weighted by Gasteiger charge is -2.13. The first-order valence-electron chi connectivity index (χ1n) is 6.29. The Morgan fingerprint density at radius 3 is 2.68 bits per heavy atom. The van der Waals surface area contributed by atoms with E-state index < -0.39 is 0 Å². The van der Waals surface area contributed by atoms with Crippen LogP contribution >= 0.6 is 0 Å². The lowest BCUT2D eigenvalue weighted by Crippen LogP contribution is -2.32. The molecule has 6 nitrogen and oxygen atoms in total. The van der Waals surface area contributed by atoms with Crippen LogP contribution in [-0.2, 0) is 24.9 Å². The number of aromatic nitrogens is 4. The molecule has 0 spiro atoms. The Morgan fingerprint density at radius 1 is 1.37 bits per heavy atom. The van der Waals surface area contributed by atoms with Crippen molar-refractivity contribution in [2.45, 2.75) is 26.9 Å². The number of nitrogens with one attached hydrogen (secondary N) is 1. The van der Waals surface area contributed by atoms with Gasteiger partial charge in [-0.05, 0) is 6.92 Å². The van der Waals surface area contributed by atoms with Gasteiger partial charge in [-0.3, -0.25) is 4.79 Å². The molecule has 0 aromatic carbocycles. The lowest BCUT2D eigenvalue weighted by atomic mass is 10.1. The Kier molecular flexibility index (Phi) is 3.99. The third kappa shape index (κ3) is 3.21. The first kappa shape index (κ1) is 13.3. The Balaban J connectivity index is 1.86. The molecule has 1 unspecified atom stereocenters. The van der Waals surface area contributed by atoms with Gasteiger partial charge in [-0.2, -0.15) is 0 Å². The minimum absolute atomic E-state index is 0.0242. The SMILES string of the molecule is Cc1nccn1CC(C)C(=O)NCc1nccn1C. The highest BCUT2D eigenvalue weighted by Gasteiger charge is 2.14. The molecule has 102 valence electrons. The van der Waals surface area contributed by atoms with Crippen molar-refractivity contribution < 1.29 is 4.79 Å². The predicted octanol–water partition coefficient (Wildman–Crippen LogP) is 0.878. The molecular formula is C13H19N5O. The summed E-state index contributed by atoms with van der Waals surface area (Å²) in [6.07, 6.45) is 7.21. The number of carbonyl (C=O) groups excluding carboxylic acids is 1. The van der Waals surface area contributed by atoms with E-state index in [4.69, 9.17) is 0 Å². The average Bonchev–Trinajstić information content (AvgIpc) is 2.96. The van der Waals surface area contributed by atoms with E-state index in [0.29, 0.717) is 13.1 Å². The van der Waals surface area contributed by atoms with Crippen LogP contribution in [0.25, 0.3) is 0 Å². The number of hydrogen-bond acceptors (Lipinski definition) is 3. The van der Waals surface area contributed by atoms with Crippen LogP contribution < -0.4 is 5.32 Å². The summed E-state index contributed by atoms with van der Waals surface area (Å²) < 4.78 is 3.87. The number of rotatable bonds is 5. The molecule has 2 aromatic heterocycles. The highest BCUT2D eigenvalue weighted by atomic mass is 16.1. The zero-order valence-corrected chi connectivity index (χ0v) is 11.5. The zero-order chi connectivity index (χ0) is 13.8. The van der Waals surface area contributed by atoms with Crippen LogP contribution in [-0.4, -0.2) is 25.0 Å². The van der Waals surface area contributed by atoms with E-state index in [1.54, 1.807) is 12.4 Å². The maximum absolute atomic E-state index is 12.0. The second kappa shape index (κ2) is 5.69. The van der Waals surface area contributed by atoms with E-state index in [2.05, 4.69) is 15.3 Å². The molecule has 0 aliphatic rings. The summed E-state index contributed by atoms with van der Waals surface area (Å²) in [6.45, 7) is 4.93. The summed E-state index contributed by atoms with van der Waals surface area (Å²) >= 11 is 0. The van der Waals surface area contributed by atoms with Gasteiger partial charge in [0.05, 0.1) is 12.5 Å². The third-order valence-corrected chi connectivity index (χ3v) is 3.18. The van der Waals surface area contributed by atoms with E-state index in [1.807, 2.05) is 42.4 Å². The van der Waals surface area contributed by atoms with E-state index in [9.17, 15) is 4.79 Å². The molecule has 0 saturated carbocycles. The van der Waals surface area contributed by atoms with Gasteiger partial charge in [0, 0.05) is 38.4 Å². The van der Waals surface area contributed by atoms with Gasteiger partial charge in [0.2, 0.25) is 5.91 Å². The summed E-state index contributed by atoms with van der Waals surface area (Å²) in [6, 6.07) is 0. The third-order valence-electron chi connectivity index (χ3n) is 3.18. The van der Waals surface area contributed by atoms with Crippen LogP contribution in [0.1, 0.15) is 18.6 Å². The maximum atomic E-state index is 12.0. The molecule has 1 N–H and O–H groups in total. The molecule has 0 aliphatic carbocycles. The van der Waals surface area contributed by atoms with Crippen molar-refractivity contribution >= 4 is 5.91 Å². The van der Waals surface area contributed by atoms with Crippen LogP contribution in [0.3, 0.4) is 0 Å². The average molecular weight is 261 g/mol. The van der Waals surface area contributed by atoms with Gasteiger partial charge in [-0.15, -0.1) is 0 Å². The van der Waals surface area contributed by atoms with Crippen molar-refractivity contribution in [3.8, 4) is 0 Å². The zero-order valence-electron chi connectivity index (χ0n) is 11.5. The molecule has 1 atom stereocenters. The van der Waals surface area contributed by atoms with Crippen LogP contribution in [0.4, 0.5) is 0 Å². The second-order valence-corrected chi connectivity index (χ2v) is 4.70. The summed E-state index contributed by atoms with van der Waals surface area (Å²) in [5.74, 6) is 1.69. The maximum Gasteiger partial charge on any atom is 0.225 e. The number of imidazole rings is 2. The molecule has 0 radical (unpaired) electrons. The van der Waals surface area contributed by atoms with Gasteiger partial charge in [0.25, 0.3) is 0 Å². The summed E-state index contributed by atoms with van der Waals surface area (Å²) in [5, 5.41) is 2.90. The monoisotopic (exact) mass is 261 g/mol. The molecule has 0 saturated heterocycles. The largest absolute Gasteiger partial charge is 0.349 e. The number of hydrogen-bond donors (Lipinski definition) is 1. The molecule has 2 heterocycles. The first-order valence-corrected chi connectivity index (χ1v) is 6.29. The van der Waals surface area contributed by atoms with Gasteiger partial charge in [-0.25, -0.2) is 9.97 Å². The number of carbonyl (C=O) groups is 1. The molecular weight excluding hydrogens is 242 g/mol. The highest BCUT2D eigenvalue weighted by Crippen LogP contribution is 2.04. The Hall–Kier alpha value is -2.11. The van der Waals surface area contributed by atoms with Crippen LogP contribution in [0, 0.1) is 12.8 Å². The topological polar surface area (TPSA) is 64.7 Å². The van der Waals surface area contributed by atoms with Crippen molar-refractivity contribution in [1.29, 1.82) is 0 Å². The molecule has 0 fully saturated rings. The molecule has 19 heavy (non-hydrogen) atoms. The molecule has 0 bridgehead atoms. The smallest absolute Gasteiger partial charge is 0.225 e. The quantitative estimate of drug-likeness (QED) is 0.869. The van der Waals surface area contributed by atoms with E-state index in [0.717, 1.165) is 11.6 Å². The fourth-order valence-electron chi connectivity index (χ4n) is 1.88. The van der Waals surface area contributed by atoms with Gasteiger partial charge in [-0.1, -0.05) is 6.92 Å². The first-order chi connectivity index (χ1) is 9.08. The summed E-state index contributed by atoms with van der Waals surface area (Å²) in [7, 11) is 1.91. The molecule has 0 aliphatic heterocycles. The molecule has 2 rings (SSSR count). The highest BCUT2D eigenvalue weighted by molar-refractivity contribution is 5.78. The fourth-order valence-corrected chi connectivity index (χ4v) is 1.88. The van der Waals surface area contributed by atoms with Crippen molar-refractivity contribution in [2.75, 3.05) is 0 Å². The number of aryl methyl sites for hydroxylation is 2. The molecule has 2 aromatic rings. The van der Waals surface area contributed by atoms with Gasteiger partial charge in [0.15, 0.2) is 0 Å². The van der Waals surface area contributed by atoms with Crippen molar-refractivity contribution in [3.05, 3.63) is 36.4 Å². The minimum Gasteiger partial charge on any atom is -0.349 e. The Labute approximate surface area is 112 Å². The fraction of sp³-hybridized carbons (Fsp3) is 0.462. The van der Waals surface area contributed by atoms with E-state index in [-0.39, 0.29) is 11.8 Å². The second-order valence-electron chi connectivity index (χ2n) is 4.70. The van der Waals surface area contributed by atoms with Crippen molar-refractivity contribution in [1.82, 2.24) is 24.4 Å². The van der Waals surface area contributed by atoms with Crippen LogP contribution in [0.5, 0.6) is 0 Å². The van der Waals surface area contributed by atoms with E-state index >= 15 is 0 Å². The molecule has 6 heteroatoms. The summed E-state index contributed by atoms with van der Waals surface area (Å²) in [5.41, 5.74) is 0. The Morgan fingerprint density at radius 2 is 2.11 bits per heavy atom. The summed E-state index contributed by atoms with van der Waals surface area (Å²) in [4.78, 5) is 20.3. The lowest BCUT2D eigenvalue weighted by molar-refractivity contribution is -0.125.